The molecule has 0 aliphatic heterocycles. The second-order valence-corrected chi connectivity index (χ2v) is 8.37. The fraction of sp³-hybridized carbons (Fsp3) is 0.231. The summed E-state index contributed by atoms with van der Waals surface area (Å²) < 4.78 is 11.5. The molecule has 162 valence electrons. The van der Waals surface area contributed by atoms with Crippen LogP contribution >= 0.6 is 0 Å². The Morgan fingerprint density at radius 2 is 1.34 bits per heavy atom. The molecule has 32 heavy (non-hydrogen) atoms. The van der Waals surface area contributed by atoms with Gasteiger partial charge in [0.25, 0.3) is 0 Å². The molecule has 3 aromatic rings. The summed E-state index contributed by atoms with van der Waals surface area (Å²) in [4.78, 5) is 49.9. The Morgan fingerprint density at radius 1 is 0.750 bits per heavy atom. The van der Waals surface area contributed by atoms with E-state index in [1.54, 1.807) is 39.8 Å². The van der Waals surface area contributed by atoms with Crippen LogP contribution in [0.5, 0.6) is 11.5 Å². The van der Waals surface area contributed by atoms with Crippen LogP contribution in [0.15, 0.2) is 42.5 Å². The van der Waals surface area contributed by atoms with Crippen molar-refractivity contribution in [3.8, 4) is 11.5 Å². The molecule has 0 saturated heterocycles. The Balaban J connectivity index is 2.13. The van der Waals surface area contributed by atoms with Gasteiger partial charge in [-0.2, -0.15) is 0 Å². The van der Waals surface area contributed by atoms with E-state index in [1.807, 2.05) is 24.3 Å². The number of carbonyl (C=O) groups is 4. The largest absolute Gasteiger partial charge is 0.425 e. The molecule has 0 radical (unpaired) electrons. The molecule has 3 aromatic carbocycles. The van der Waals surface area contributed by atoms with Gasteiger partial charge in [-0.25, -0.2) is 0 Å². The van der Waals surface area contributed by atoms with E-state index in [4.69, 9.17) is 9.47 Å². The van der Waals surface area contributed by atoms with E-state index in [2.05, 4.69) is 0 Å². The standard InChI is InChI=1S/C26H22O6/c1-13(2)25(29)31-23-17-8-6-5-7-15(17)11-19-18(23)12-16-9-10-20(27)22(28)21(16)24(19)32-26(30)14(3)4/h5-14H,1-4H3. The monoisotopic (exact) mass is 430 g/mol. The molecule has 0 amide bonds. The lowest BCUT2D eigenvalue weighted by Crippen LogP contribution is -2.22. The van der Waals surface area contributed by atoms with Crippen LogP contribution in [0, 0.1) is 11.8 Å². The van der Waals surface area contributed by atoms with Gasteiger partial charge in [0.2, 0.25) is 11.6 Å². The van der Waals surface area contributed by atoms with Crippen LogP contribution < -0.4 is 9.47 Å². The van der Waals surface area contributed by atoms with Gasteiger partial charge in [-0.15, -0.1) is 0 Å². The van der Waals surface area contributed by atoms with Crippen LogP contribution in [0.1, 0.15) is 43.6 Å². The highest BCUT2D eigenvalue weighted by Crippen LogP contribution is 2.43. The summed E-state index contributed by atoms with van der Waals surface area (Å²) in [5.74, 6) is -2.88. The average Bonchev–Trinajstić information content (AvgIpc) is 2.76. The Hall–Kier alpha value is -3.80. The minimum Gasteiger partial charge on any atom is -0.425 e. The summed E-state index contributed by atoms with van der Waals surface area (Å²) in [6.45, 7) is 6.83. The zero-order valence-corrected chi connectivity index (χ0v) is 18.2. The van der Waals surface area contributed by atoms with Crippen LogP contribution in [-0.4, -0.2) is 23.5 Å². The SMILES string of the molecule is CC(C)C(=O)Oc1c2c(cc3c(OC(=O)C(C)C)c4ccccc4cc13)C=CC(=O)C2=O. The van der Waals surface area contributed by atoms with Crippen LogP contribution in [0.2, 0.25) is 0 Å². The van der Waals surface area contributed by atoms with E-state index >= 15 is 0 Å². The normalized spacial score (nSPS) is 13.2. The van der Waals surface area contributed by atoms with Gasteiger partial charge in [0.15, 0.2) is 5.75 Å². The highest BCUT2D eigenvalue weighted by molar-refractivity contribution is 6.51. The van der Waals surface area contributed by atoms with Crippen molar-refractivity contribution in [1.82, 2.24) is 0 Å². The van der Waals surface area contributed by atoms with Gasteiger partial charge in [-0.3, -0.25) is 19.2 Å². The van der Waals surface area contributed by atoms with Crippen molar-refractivity contribution in [2.75, 3.05) is 0 Å². The Kier molecular flexibility index (Phi) is 5.38. The van der Waals surface area contributed by atoms with E-state index in [0.717, 1.165) is 5.39 Å². The fourth-order valence-electron chi connectivity index (χ4n) is 3.54. The lowest BCUT2D eigenvalue weighted by molar-refractivity contribution is -0.138. The number of hydrogen-bond acceptors (Lipinski definition) is 6. The number of allylic oxidation sites excluding steroid dienone is 1. The Morgan fingerprint density at radius 3 is 2.00 bits per heavy atom. The van der Waals surface area contributed by atoms with Gasteiger partial charge in [0, 0.05) is 16.2 Å². The van der Waals surface area contributed by atoms with Gasteiger partial charge in [-0.05, 0) is 29.2 Å². The smallest absolute Gasteiger partial charge is 0.313 e. The topological polar surface area (TPSA) is 86.7 Å². The number of esters is 2. The van der Waals surface area contributed by atoms with Crippen LogP contribution in [0.4, 0.5) is 0 Å². The molecule has 0 unspecified atom stereocenters. The first-order valence-electron chi connectivity index (χ1n) is 10.4. The predicted octanol–water partition coefficient (Wildman–Crippen LogP) is 4.89. The molecule has 6 heteroatoms. The number of carbonyl (C=O) groups excluding carboxylic acids is 4. The van der Waals surface area contributed by atoms with E-state index in [-0.39, 0.29) is 17.2 Å². The molecular weight excluding hydrogens is 408 g/mol. The summed E-state index contributed by atoms with van der Waals surface area (Å²) in [6, 6.07) is 10.8. The Bertz CT molecular complexity index is 1340. The predicted molar refractivity (Wildman–Crippen MR) is 121 cm³/mol. The third kappa shape index (κ3) is 3.58. The number of fused-ring (bicyclic) bond motifs is 3. The lowest BCUT2D eigenvalue weighted by Gasteiger charge is -2.20. The second kappa shape index (κ2) is 8.04. The summed E-state index contributed by atoms with van der Waals surface area (Å²) >= 11 is 0. The third-order valence-corrected chi connectivity index (χ3v) is 5.31. The minimum atomic E-state index is -0.746. The molecular formula is C26H22O6. The van der Waals surface area contributed by atoms with Gasteiger partial charge in [-0.1, -0.05) is 58.0 Å². The average molecular weight is 430 g/mol. The van der Waals surface area contributed by atoms with Crippen molar-refractivity contribution < 1.29 is 28.7 Å². The molecule has 1 aliphatic carbocycles. The van der Waals surface area contributed by atoms with Crippen molar-refractivity contribution in [1.29, 1.82) is 0 Å². The summed E-state index contributed by atoms with van der Waals surface area (Å²) in [5.41, 5.74) is 0.459. The van der Waals surface area contributed by atoms with E-state index in [1.165, 1.54) is 12.2 Å². The molecule has 0 bridgehead atoms. The van der Waals surface area contributed by atoms with Crippen molar-refractivity contribution >= 4 is 51.1 Å². The molecule has 4 rings (SSSR count). The quantitative estimate of drug-likeness (QED) is 0.253. The molecule has 0 saturated carbocycles. The first-order chi connectivity index (χ1) is 15.2. The van der Waals surface area contributed by atoms with Crippen molar-refractivity contribution in [3.63, 3.8) is 0 Å². The number of ether oxygens (including phenoxy) is 2. The highest BCUT2D eigenvalue weighted by atomic mass is 16.5. The van der Waals surface area contributed by atoms with Gasteiger partial charge in [0.1, 0.15) is 5.75 Å². The van der Waals surface area contributed by atoms with Crippen molar-refractivity contribution in [3.05, 3.63) is 53.6 Å². The minimum absolute atomic E-state index is 0.00602. The molecule has 0 atom stereocenters. The number of benzene rings is 3. The van der Waals surface area contributed by atoms with Crippen LogP contribution in [-0.2, 0) is 14.4 Å². The number of rotatable bonds is 4. The maximum atomic E-state index is 12.8. The van der Waals surface area contributed by atoms with Crippen LogP contribution in [0.3, 0.4) is 0 Å². The highest BCUT2D eigenvalue weighted by Gasteiger charge is 2.30. The van der Waals surface area contributed by atoms with Gasteiger partial charge < -0.3 is 9.47 Å². The van der Waals surface area contributed by atoms with Gasteiger partial charge in [0.05, 0.1) is 17.4 Å². The molecule has 0 spiro atoms. The maximum Gasteiger partial charge on any atom is 0.313 e. The second-order valence-electron chi connectivity index (χ2n) is 8.37. The zero-order valence-electron chi connectivity index (χ0n) is 18.2. The summed E-state index contributed by atoms with van der Waals surface area (Å²) in [5, 5.41) is 2.37. The van der Waals surface area contributed by atoms with Gasteiger partial charge >= 0.3 is 11.9 Å². The lowest BCUT2D eigenvalue weighted by atomic mass is 9.89. The zero-order chi connectivity index (χ0) is 23.2. The number of Topliss-reactive ketones (excluding diaryl/α,β-unsaturated/α-hetero) is 1. The summed E-state index contributed by atoms with van der Waals surface area (Å²) in [7, 11) is 0. The number of ketones is 2. The molecule has 0 heterocycles. The first kappa shape index (κ1) is 21.4. The van der Waals surface area contributed by atoms with E-state index < -0.39 is 29.4 Å². The van der Waals surface area contributed by atoms with Crippen molar-refractivity contribution in [2.24, 2.45) is 11.8 Å². The number of hydrogen-bond donors (Lipinski definition) is 0. The fourth-order valence-corrected chi connectivity index (χ4v) is 3.54. The molecule has 6 nitrogen and oxygen atoms in total. The molecule has 0 fully saturated rings. The third-order valence-electron chi connectivity index (χ3n) is 5.31. The maximum absolute atomic E-state index is 12.8. The van der Waals surface area contributed by atoms with Crippen LogP contribution in [0.25, 0.3) is 27.6 Å². The first-order valence-corrected chi connectivity index (χ1v) is 10.4. The molecule has 0 aromatic heterocycles. The molecule has 1 aliphatic rings. The van der Waals surface area contributed by atoms with E-state index in [9.17, 15) is 19.2 Å². The summed E-state index contributed by atoms with van der Waals surface area (Å²) in [6.07, 6.45) is 2.69. The Labute approximate surface area is 184 Å². The van der Waals surface area contributed by atoms with E-state index in [0.29, 0.717) is 27.5 Å². The molecule has 0 N–H and O–H groups in total. The van der Waals surface area contributed by atoms with Crippen molar-refractivity contribution in [2.45, 2.75) is 27.7 Å².